The van der Waals surface area contributed by atoms with Gasteiger partial charge in [-0.1, -0.05) is 0 Å². The number of nitrogens with zero attached hydrogens (tertiary/aromatic N) is 1. The average Bonchev–Trinajstić information content (AvgIpc) is 2.80. The minimum atomic E-state index is -0.288. The van der Waals surface area contributed by atoms with E-state index in [0.29, 0.717) is 60.7 Å². The predicted molar refractivity (Wildman–Crippen MR) is 119 cm³/mol. The molecule has 1 fully saturated rings. The molecule has 2 aromatic carbocycles. The standard InChI is InChI=1S/C23H30N2O6/c1-5-30-20-15-18(25-9-11-29-12-10-25)21(31-6-2)14-17(20)24-23(26)16-7-8-19(27-3)22(13-16)28-4/h7-8,13-15H,5-6,9-12H2,1-4H3,(H,24,26). The lowest BCUT2D eigenvalue weighted by atomic mass is 10.1. The molecular formula is C23H30N2O6. The molecule has 1 N–H and O–H groups in total. The third-order valence-corrected chi connectivity index (χ3v) is 4.91. The fourth-order valence-corrected chi connectivity index (χ4v) is 3.42. The van der Waals surface area contributed by atoms with Gasteiger partial charge in [0.05, 0.1) is 52.0 Å². The Morgan fingerprint density at radius 1 is 0.935 bits per heavy atom. The third-order valence-electron chi connectivity index (χ3n) is 4.91. The highest BCUT2D eigenvalue weighted by Crippen LogP contribution is 2.39. The van der Waals surface area contributed by atoms with Gasteiger partial charge in [-0.05, 0) is 32.0 Å². The summed E-state index contributed by atoms with van der Waals surface area (Å²) in [6.07, 6.45) is 0. The lowest BCUT2D eigenvalue weighted by Gasteiger charge is -2.31. The first-order valence-electron chi connectivity index (χ1n) is 10.4. The molecule has 0 bridgehead atoms. The maximum atomic E-state index is 13.0. The van der Waals surface area contributed by atoms with Crippen molar-refractivity contribution in [3.05, 3.63) is 35.9 Å². The lowest BCUT2D eigenvalue weighted by Crippen LogP contribution is -2.36. The molecule has 1 aliphatic rings. The molecule has 0 saturated carbocycles. The normalized spacial score (nSPS) is 13.5. The van der Waals surface area contributed by atoms with Crippen LogP contribution >= 0.6 is 0 Å². The first kappa shape index (κ1) is 22.6. The highest BCUT2D eigenvalue weighted by atomic mass is 16.5. The van der Waals surface area contributed by atoms with Gasteiger partial charge >= 0.3 is 0 Å². The van der Waals surface area contributed by atoms with Crippen LogP contribution in [-0.2, 0) is 4.74 Å². The van der Waals surface area contributed by atoms with Gasteiger partial charge in [-0.3, -0.25) is 4.79 Å². The van der Waals surface area contributed by atoms with Gasteiger partial charge in [-0.15, -0.1) is 0 Å². The number of carbonyl (C=O) groups excluding carboxylic acids is 1. The lowest BCUT2D eigenvalue weighted by molar-refractivity contribution is 0.102. The van der Waals surface area contributed by atoms with E-state index in [1.54, 1.807) is 25.3 Å². The number of morpholine rings is 1. The Bertz CT molecular complexity index is 896. The van der Waals surface area contributed by atoms with E-state index in [-0.39, 0.29) is 5.91 Å². The van der Waals surface area contributed by atoms with E-state index in [1.165, 1.54) is 7.11 Å². The molecule has 3 rings (SSSR count). The van der Waals surface area contributed by atoms with Crippen molar-refractivity contribution in [2.75, 3.05) is 64.0 Å². The largest absolute Gasteiger partial charge is 0.493 e. The topological polar surface area (TPSA) is 78.5 Å². The Labute approximate surface area is 183 Å². The average molecular weight is 431 g/mol. The van der Waals surface area contributed by atoms with Gasteiger partial charge in [0.15, 0.2) is 11.5 Å². The zero-order valence-electron chi connectivity index (χ0n) is 18.5. The Hall–Kier alpha value is -3.13. The summed E-state index contributed by atoms with van der Waals surface area (Å²) < 4.78 is 27.8. The van der Waals surface area contributed by atoms with E-state index in [4.69, 9.17) is 23.7 Å². The fourth-order valence-electron chi connectivity index (χ4n) is 3.42. The Kier molecular flexibility index (Phi) is 7.83. The van der Waals surface area contributed by atoms with Crippen LogP contribution in [0.5, 0.6) is 23.0 Å². The van der Waals surface area contributed by atoms with Crippen LogP contribution in [0.1, 0.15) is 24.2 Å². The molecule has 0 aliphatic carbocycles. The molecule has 0 aromatic heterocycles. The van der Waals surface area contributed by atoms with Gasteiger partial charge in [0, 0.05) is 30.8 Å². The van der Waals surface area contributed by atoms with E-state index in [9.17, 15) is 4.79 Å². The van der Waals surface area contributed by atoms with Crippen LogP contribution in [0, 0.1) is 0 Å². The SMILES string of the molecule is CCOc1cc(N2CCOCC2)c(OCC)cc1NC(=O)c1ccc(OC)c(OC)c1. The maximum absolute atomic E-state index is 13.0. The summed E-state index contributed by atoms with van der Waals surface area (Å²) >= 11 is 0. The van der Waals surface area contributed by atoms with Crippen LogP contribution in [0.25, 0.3) is 0 Å². The number of rotatable bonds is 9. The molecule has 168 valence electrons. The van der Waals surface area contributed by atoms with Crippen molar-refractivity contribution in [1.29, 1.82) is 0 Å². The summed E-state index contributed by atoms with van der Waals surface area (Å²) in [6.45, 7) is 7.67. The van der Waals surface area contributed by atoms with Crippen LogP contribution in [-0.4, -0.2) is 59.6 Å². The molecular weight excluding hydrogens is 400 g/mol. The molecule has 1 heterocycles. The Morgan fingerprint density at radius 2 is 1.61 bits per heavy atom. The van der Waals surface area contributed by atoms with Crippen molar-refractivity contribution in [2.24, 2.45) is 0 Å². The van der Waals surface area contributed by atoms with Gasteiger partial charge in [0.25, 0.3) is 5.91 Å². The summed E-state index contributed by atoms with van der Waals surface area (Å²) in [7, 11) is 3.09. The molecule has 8 heteroatoms. The molecule has 0 spiro atoms. The molecule has 1 amide bonds. The van der Waals surface area contributed by atoms with Crippen molar-refractivity contribution in [2.45, 2.75) is 13.8 Å². The van der Waals surface area contributed by atoms with Gasteiger partial charge in [0.2, 0.25) is 0 Å². The first-order valence-corrected chi connectivity index (χ1v) is 10.4. The second-order valence-electron chi connectivity index (χ2n) is 6.81. The van der Waals surface area contributed by atoms with E-state index >= 15 is 0 Å². The third kappa shape index (κ3) is 5.32. The van der Waals surface area contributed by atoms with Crippen molar-refractivity contribution in [3.63, 3.8) is 0 Å². The van der Waals surface area contributed by atoms with Crippen LogP contribution in [0.3, 0.4) is 0 Å². The van der Waals surface area contributed by atoms with E-state index in [2.05, 4.69) is 10.2 Å². The van der Waals surface area contributed by atoms with Gasteiger partial charge in [-0.2, -0.15) is 0 Å². The molecule has 1 saturated heterocycles. The van der Waals surface area contributed by atoms with E-state index < -0.39 is 0 Å². The number of amides is 1. The number of anilines is 2. The number of hydrogen-bond acceptors (Lipinski definition) is 7. The van der Waals surface area contributed by atoms with Crippen molar-refractivity contribution < 1.29 is 28.5 Å². The number of methoxy groups -OCH3 is 2. The maximum Gasteiger partial charge on any atom is 0.255 e. The van der Waals surface area contributed by atoms with Gasteiger partial charge < -0.3 is 33.9 Å². The zero-order valence-corrected chi connectivity index (χ0v) is 18.5. The van der Waals surface area contributed by atoms with Crippen LogP contribution in [0.2, 0.25) is 0 Å². The van der Waals surface area contributed by atoms with Crippen LogP contribution in [0.4, 0.5) is 11.4 Å². The summed E-state index contributed by atoms with van der Waals surface area (Å²) in [4.78, 5) is 15.2. The van der Waals surface area contributed by atoms with Crippen LogP contribution < -0.4 is 29.2 Å². The molecule has 1 aliphatic heterocycles. The molecule has 0 atom stereocenters. The Balaban J connectivity index is 1.93. The molecule has 31 heavy (non-hydrogen) atoms. The monoisotopic (exact) mass is 430 g/mol. The number of carbonyl (C=O) groups is 1. The molecule has 0 unspecified atom stereocenters. The Morgan fingerprint density at radius 3 is 2.26 bits per heavy atom. The molecule has 8 nitrogen and oxygen atoms in total. The second-order valence-corrected chi connectivity index (χ2v) is 6.81. The summed E-state index contributed by atoms with van der Waals surface area (Å²) in [6, 6.07) is 8.76. The first-order chi connectivity index (χ1) is 15.1. The highest BCUT2D eigenvalue weighted by Gasteiger charge is 2.21. The van der Waals surface area contributed by atoms with Crippen molar-refractivity contribution >= 4 is 17.3 Å². The predicted octanol–water partition coefficient (Wildman–Crippen LogP) is 3.59. The zero-order chi connectivity index (χ0) is 22.2. The number of nitrogens with one attached hydrogen (secondary N) is 1. The molecule has 2 aromatic rings. The van der Waals surface area contributed by atoms with Gasteiger partial charge in [-0.25, -0.2) is 0 Å². The quantitative estimate of drug-likeness (QED) is 0.651. The van der Waals surface area contributed by atoms with Gasteiger partial charge in [0.1, 0.15) is 11.5 Å². The van der Waals surface area contributed by atoms with Crippen molar-refractivity contribution in [3.8, 4) is 23.0 Å². The van der Waals surface area contributed by atoms with Crippen molar-refractivity contribution in [1.82, 2.24) is 0 Å². The fraction of sp³-hybridized carbons (Fsp3) is 0.435. The highest BCUT2D eigenvalue weighted by molar-refractivity contribution is 6.05. The van der Waals surface area contributed by atoms with Crippen LogP contribution in [0.15, 0.2) is 30.3 Å². The van der Waals surface area contributed by atoms with E-state index in [1.807, 2.05) is 26.0 Å². The summed E-state index contributed by atoms with van der Waals surface area (Å²) in [5.74, 6) is 2.03. The smallest absolute Gasteiger partial charge is 0.255 e. The minimum Gasteiger partial charge on any atom is -0.493 e. The van der Waals surface area contributed by atoms with E-state index in [0.717, 1.165) is 18.8 Å². The second kappa shape index (κ2) is 10.8. The number of benzene rings is 2. The summed E-state index contributed by atoms with van der Waals surface area (Å²) in [5, 5.41) is 2.95. The molecule has 0 radical (unpaired) electrons. The summed E-state index contributed by atoms with van der Waals surface area (Å²) in [5.41, 5.74) is 1.91. The number of ether oxygens (including phenoxy) is 5. The minimum absolute atomic E-state index is 0.288. The number of hydrogen-bond donors (Lipinski definition) is 1.